The average molecular weight is 681 g/mol. The molecular weight excluding hydrogens is 632 g/mol. The third-order valence-electron chi connectivity index (χ3n) is 10.1. The number of hydrogen-bond acceptors (Lipinski definition) is 7. The van der Waals surface area contributed by atoms with Crippen molar-refractivity contribution in [3.8, 4) is 0 Å². The van der Waals surface area contributed by atoms with E-state index in [2.05, 4.69) is 10.3 Å². The molecule has 6 rings (SSSR count). The molecular formula is C40H48N4O6. The summed E-state index contributed by atoms with van der Waals surface area (Å²) in [4.78, 5) is 48.6. The molecule has 1 unspecified atom stereocenters. The highest BCUT2D eigenvalue weighted by atomic mass is 16.6. The molecule has 1 saturated carbocycles. The number of aliphatic hydroxyl groups excluding tert-OH is 1. The van der Waals surface area contributed by atoms with Crippen LogP contribution in [0.3, 0.4) is 0 Å². The number of rotatable bonds is 12. The molecule has 4 aromatic rings. The Morgan fingerprint density at radius 3 is 2.24 bits per heavy atom. The number of imide groups is 1. The van der Waals surface area contributed by atoms with Crippen molar-refractivity contribution < 1.29 is 28.6 Å². The Bertz CT molecular complexity index is 1650. The molecule has 2 heterocycles. The molecule has 0 spiro atoms. The normalized spacial score (nSPS) is 16.9. The standard InChI is InChI=1S/C40H48N4O6/c45-36(37-41-33-18-10-11-19-35(33)50-37)34(21-20-29-12-4-1-5-13-29)42-39(47)44(27-22-30-14-6-2-7-15-30)38(46)32-23-25-43(26-24-32)40(48)49-28-31-16-8-3-9-17-31/h1,3-5,8-13,16-19,30,32,34,36,45H,2,6-7,14-15,20-28H2,(H,42,47)/t34-,36?/m0/s1. The van der Waals surface area contributed by atoms with Gasteiger partial charge in [0.25, 0.3) is 0 Å². The smallest absolute Gasteiger partial charge is 0.410 e. The minimum atomic E-state index is -1.23. The van der Waals surface area contributed by atoms with Crippen molar-refractivity contribution in [1.29, 1.82) is 0 Å². The van der Waals surface area contributed by atoms with Crippen LogP contribution in [-0.4, -0.2) is 63.6 Å². The van der Waals surface area contributed by atoms with Crippen LogP contribution in [0.1, 0.15) is 80.9 Å². The zero-order valence-electron chi connectivity index (χ0n) is 28.6. The first-order chi connectivity index (χ1) is 24.4. The van der Waals surface area contributed by atoms with Gasteiger partial charge in [-0.3, -0.25) is 9.69 Å². The molecule has 2 aliphatic rings. The lowest BCUT2D eigenvalue weighted by molar-refractivity contribution is -0.134. The van der Waals surface area contributed by atoms with Crippen LogP contribution in [-0.2, 0) is 22.6 Å². The van der Waals surface area contributed by atoms with E-state index in [4.69, 9.17) is 9.15 Å². The van der Waals surface area contributed by atoms with Crippen molar-refractivity contribution in [1.82, 2.24) is 20.1 Å². The summed E-state index contributed by atoms with van der Waals surface area (Å²) in [6.45, 7) is 1.24. The summed E-state index contributed by atoms with van der Waals surface area (Å²) in [6.07, 6.45) is 6.76. The lowest BCUT2D eigenvalue weighted by Crippen LogP contribution is -2.53. The number of fused-ring (bicyclic) bond motifs is 1. The fraction of sp³-hybridized carbons (Fsp3) is 0.450. The molecule has 264 valence electrons. The monoisotopic (exact) mass is 680 g/mol. The van der Waals surface area contributed by atoms with E-state index in [1.54, 1.807) is 11.0 Å². The fourth-order valence-electron chi connectivity index (χ4n) is 7.14. The first-order valence-electron chi connectivity index (χ1n) is 18.1. The molecule has 3 aromatic carbocycles. The third-order valence-corrected chi connectivity index (χ3v) is 10.1. The van der Waals surface area contributed by atoms with Crippen molar-refractivity contribution in [3.05, 3.63) is 102 Å². The highest BCUT2D eigenvalue weighted by Crippen LogP contribution is 2.29. The van der Waals surface area contributed by atoms with E-state index in [0.717, 1.165) is 30.4 Å². The number of carbonyl (C=O) groups is 3. The maximum Gasteiger partial charge on any atom is 0.410 e. The average Bonchev–Trinajstić information content (AvgIpc) is 3.61. The number of likely N-dealkylation sites (tertiary alicyclic amines) is 1. The largest absolute Gasteiger partial charge is 0.445 e. The molecule has 0 radical (unpaired) electrons. The maximum absolute atomic E-state index is 14.2. The number of oxazole rings is 1. The first kappa shape index (κ1) is 35.1. The van der Waals surface area contributed by atoms with E-state index in [1.165, 1.54) is 24.2 Å². The Labute approximate surface area is 293 Å². The molecule has 10 heteroatoms. The second-order valence-corrected chi connectivity index (χ2v) is 13.6. The summed E-state index contributed by atoms with van der Waals surface area (Å²) < 4.78 is 11.4. The summed E-state index contributed by atoms with van der Waals surface area (Å²) in [5, 5.41) is 14.6. The third kappa shape index (κ3) is 9.29. The number of aliphatic hydroxyl groups is 1. The number of benzene rings is 3. The zero-order chi connectivity index (χ0) is 34.7. The van der Waals surface area contributed by atoms with Gasteiger partial charge in [0.15, 0.2) is 11.7 Å². The number of aromatic nitrogens is 1. The number of nitrogens with one attached hydrogen (secondary N) is 1. The molecule has 2 atom stereocenters. The number of para-hydroxylation sites is 2. The van der Waals surface area contributed by atoms with Crippen LogP contribution >= 0.6 is 0 Å². The van der Waals surface area contributed by atoms with Gasteiger partial charge in [0.05, 0.1) is 6.04 Å². The number of carbonyl (C=O) groups excluding carboxylic acids is 3. The molecule has 10 nitrogen and oxygen atoms in total. The fourth-order valence-corrected chi connectivity index (χ4v) is 7.14. The number of piperidine rings is 1. The minimum absolute atomic E-state index is 0.121. The van der Waals surface area contributed by atoms with E-state index in [1.807, 2.05) is 78.9 Å². The molecule has 1 saturated heterocycles. The van der Waals surface area contributed by atoms with Crippen LogP contribution in [0.25, 0.3) is 11.1 Å². The highest BCUT2D eigenvalue weighted by molar-refractivity contribution is 5.96. The number of aryl methyl sites for hydroxylation is 1. The van der Waals surface area contributed by atoms with Crippen molar-refractivity contribution in [2.75, 3.05) is 19.6 Å². The van der Waals surface area contributed by atoms with Crippen LogP contribution < -0.4 is 5.32 Å². The Kier molecular flexibility index (Phi) is 12.2. The molecule has 50 heavy (non-hydrogen) atoms. The predicted molar refractivity (Wildman–Crippen MR) is 190 cm³/mol. The van der Waals surface area contributed by atoms with Gasteiger partial charge in [-0.25, -0.2) is 14.6 Å². The van der Waals surface area contributed by atoms with E-state index in [9.17, 15) is 19.5 Å². The van der Waals surface area contributed by atoms with Crippen LogP contribution in [0.5, 0.6) is 0 Å². The Morgan fingerprint density at radius 1 is 0.880 bits per heavy atom. The van der Waals surface area contributed by atoms with Crippen LogP contribution in [0.4, 0.5) is 9.59 Å². The SMILES string of the molecule is O=C(OCc1ccccc1)N1CCC(C(=O)N(CCC2CCCCC2)C(=O)N[C@@H](CCc2ccccc2)C(O)c2nc3ccccc3o2)CC1. The number of ether oxygens (including phenoxy) is 1. The number of nitrogens with zero attached hydrogens (tertiary/aromatic N) is 3. The van der Waals surface area contributed by atoms with Gasteiger partial charge in [-0.05, 0) is 61.3 Å². The van der Waals surface area contributed by atoms with Gasteiger partial charge < -0.3 is 24.5 Å². The van der Waals surface area contributed by atoms with Crippen molar-refractivity contribution >= 4 is 29.1 Å². The summed E-state index contributed by atoms with van der Waals surface area (Å²) in [5.74, 6) is -0.0627. The quantitative estimate of drug-likeness (QED) is 0.160. The summed E-state index contributed by atoms with van der Waals surface area (Å²) in [7, 11) is 0. The van der Waals surface area contributed by atoms with Gasteiger partial charge in [-0.1, -0.05) is 105 Å². The van der Waals surface area contributed by atoms with Crippen LogP contribution in [0, 0.1) is 11.8 Å². The maximum atomic E-state index is 14.2. The lowest BCUT2D eigenvalue weighted by atomic mass is 9.87. The molecule has 0 bridgehead atoms. The second-order valence-electron chi connectivity index (χ2n) is 13.6. The van der Waals surface area contributed by atoms with Crippen molar-refractivity contribution in [2.45, 2.75) is 83.0 Å². The van der Waals surface area contributed by atoms with Gasteiger partial charge in [0.2, 0.25) is 11.8 Å². The summed E-state index contributed by atoms with van der Waals surface area (Å²) in [6, 6.07) is 25.4. The van der Waals surface area contributed by atoms with Crippen LogP contribution in [0.2, 0.25) is 0 Å². The molecule has 1 aliphatic heterocycles. The second kappa shape index (κ2) is 17.3. The topological polar surface area (TPSA) is 125 Å². The van der Waals surface area contributed by atoms with Crippen molar-refractivity contribution in [3.63, 3.8) is 0 Å². The van der Waals surface area contributed by atoms with Gasteiger partial charge in [0.1, 0.15) is 12.1 Å². The van der Waals surface area contributed by atoms with E-state index in [0.29, 0.717) is 62.3 Å². The first-order valence-corrected chi connectivity index (χ1v) is 18.1. The van der Waals surface area contributed by atoms with E-state index in [-0.39, 0.29) is 18.4 Å². The Balaban J connectivity index is 1.14. The molecule has 1 aliphatic carbocycles. The van der Waals surface area contributed by atoms with E-state index >= 15 is 0 Å². The molecule has 2 N–H and O–H groups in total. The minimum Gasteiger partial charge on any atom is -0.445 e. The van der Waals surface area contributed by atoms with Crippen LogP contribution in [0.15, 0.2) is 89.3 Å². The van der Waals surface area contributed by atoms with Gasteiger partial charge >= 0.3 is 12.1 Å². The predicted octanol–water partition coefficient (Wildman–Crippen LogP) is 7.42. The Morgan fingerprint density at radius 2 is 1.54 bits per heavy atom. The van der Waals surface area contributed by atoms with Gasteiger partial charge in [-0.15, -0.1) is 0 Å². The number of hydrogen-bond donors (Lipinski definition) is 2. The highest BCUT2D eigenvalue weighted by Gasteiger charge is 2.36. The van der Waals surface area contributed by atoms with E-state index < -0.39 is 30.2 Å². The number of amides is 4. The van der Waals surface area contributed by atoms with Crippen molar-refractivity contribution in [2.24, 2.45) is 11.8 Å². The number of urea groups is 1. The molecule has 2 fully saturated rings. The molecule has 4 amide bonds. The van der Waals surface area contributed by atoms with Gasteiger partial charge in [0, 0.05) is 25.6 Å². The summed E-state index contributed by atoms with van der Waals surface area (Å²) in [5.41, 5.74) is 3.15. The summed E-state index contributed by atoms with van der Waals surface area (Å²) >= 11 is 0. The Hall–Kier alpha value is -4.70. The van der Waals surface area contributed by atoms with Gasteiger partial charge in [-0.2, -0.15) is 0 Å². The molecule has 1 aromatic heterocycles. The zero-order valence-corrected chi connectivity index (χ0v) is 28.6. The lowest BCUT2D eigenvalue weighted by Gasteiger charge is -2.34.